The molecule has 3 rings (SSSR count). The number of hydrogen-bond donors (Lipinski definition) is 0. The lowest BCUT2D eigenvalue weighted by atomic mass is 9.98. The van der Waals surface area contributed by atoms with E-state index >= 15 is 0 Å². The summed E-state index contributed by atoms with van der Waals surface area (Å²) in [5.41, 5.74) is 3.50. The highest BCUT2D eigenvalue weighted by Gasteiger charge is 2.43. The smallest absolute Gasteiger partial charge is 0.428 e. The number of hydrogen-bond acceptors (Lipinski definition) is 1. The van der Waals surface area contributed by atoms with E-state index in [1.54, 1.807) is 12.1 Å². The Labute approximate surface area is 165 Å². The van der Waals surface area contributed by atoms with Gasteiger partial charge in [-0.05, 0) is 46.9 Å². The van der Waals surface area contributed by atoms with E-state index in [0.717, 1.165) is 30.5 Å². The van der Waals surface area contributed by atoms with Gasteiger partial charge in [-0.1, -0.05) is 61.9 Å². The molecule has 0 spiro atoms. The van der Waals surface area contributed by atoms with Gasteiger partial charge in [0.25, 0.3) is 0 Å². The molecule has 0 aliphatic carbocycles. The SMILES string of the molecule is CCCc1ccc(-c2ccc(-c3ccc(OC(F)(F)C(F)F)cc3)c(F)c2)cc1. The van der Waals surface area contributed by atoms with Crippen molar-refractivity contribution in [2.75, 3.05) is 0 Å². The van der Waals surface area contributed by atoms with E-state index in [1.807, 2.05) is 24.3 Å². The molecule has 6 heteroatoms. The quantitative estimate of drug-likeness (QED) is 0.373. The predicted molar refractivity (Wildman–Crippen MR) is 103 cm³/mol. The van der Waals surface area contributed by atoms with Crippen molar-refractivity contribution in [2.45, 2.75) is 32.3 Å². The molecule has 0 N–H and O–H groups in total. The fourth-order valence-electron chi connectivity index (χ4n) is 2.99. The van der Waals surface area contributed by atoms with Gasteiger partial charge in [-0.15, -0.1) is 0 Å². The van der Waals surface area contributed by atoms with Crippen LogP contribution in [0.3, 0.4) is 0 Å². The largest absolute Gasteiger partial charge is 0.461 e. The normalized spacial score (nSPS) is 11.7. The Morgan fingerprint density at radius 1 is 0.828 bits per heavy atom. The minimum atomic E-state index is -4.58. The van der Waals surface area contributed by atoms with Crippen molar-refractivity contribution >= 4 is 0 Å². The maximum absolute atomic E-state index is 14.6. The lowest BCUT2D eigenvalue weighted by molar-refractivity contribution is -0.253. The fourth-order valence-corrected chi connectivity index (χ4v) is 2.99. The summed E-state index contributed by atoms with van der Waals surface area (Å²) in [5, 5.41) is 0. The maximum Gasteiger partial charge on any atom is 0.461 e. The number of benzene rings is 3. The van der Waals surface area contributed by atoms with E-state index in [0.29, 0.717) is 11.1 Å². The van der Waals surface area contributed by atoms with Gasteiger partial charge in [0.1, 0.15) is 11.6 Å². The minimum Gasteiger partial charge on any atom is -0.428 e. The van der Waals surface area contributed by atoms with Gasteiger partial charge in [0.2, 0.25) is 0 Å². The van der Waals surface area contributed by atoms with E-state index in [1.165, 1.54) is 23.8 Å². The molecule has 0 saturated heterocycles. The van der Waals surface area contributed by atoms with Gasteiger partial charge in [-0.2, -0.15) is 17.6 Å². The van der Waals surface area contributed by atoms with E-state index in [-0.39, 0.29) is 5.56 Å². The van der Waals surface area contributed by atoms with Gasteiger partial charge < -0.3 is 4.74 Å². The topological polar surface area (TPSA) is 9.23 Å². The van der Waals surface area contributed by atoms with Crippen molar-refractivity contribution in [3.8, 4) is 28.0 Å². The van der Waals surface area contributed by atoms with Crippen LogP contribution in [0.25, 0.3) is 22.3 Å². The molecule has 0 bridgehead atoms. The Bertz CT molecular complexity index is 950. The predicted octanol–water partition coefficient (Wildman–Crippen LogP) is 7.35. The second kappa shape index (κ2) is 8.64. The summed E-state index contributed by atoms with van der Waals surface area (Å²) in [6, 6.07) is 17.6. The molecule has 0 heterocycles. The monoisotopic (exact) mass is 406 g/mol. The first-order chi connectivity index (χ1) is 13.8. The van der Waals surface area contributed by atoms with Crippen molar-refractivity contribution in [3.63, 3.8) is 0 Å². The van der Waals surface area contributed by atoms with Crippen LogP contribution in [0.5, 0.6) is 5.75 Å². The van der Waals surface area contributed by atoms with Crippen molar-refractivity contribution < 1.29 is 26.7 Å². The van der Waals surface area contributed by atoms with Crippen LogP contribution in [0.2, 0.25) is 0 Å². The van der Waals surface area contributed by atoms with Gasteiger partial charge in [0.05, 0.1) is 0 Å². The average molecular weight is 406 g/mol. The minimum absolute atomic E-state index is 0.267. The van der Waals surface area contributed by atoms with E-state index in [4.69, 9.17) is 0 Å². The van der Waals surface area contributed by atoms with Gasteiger partial charge in [-0.25, -0.2) is 4.39 Å². The molecule has 0 atom stereocenters. The molecule has 0 aromatic heterocycles. The third kappa shape index (κ3) is 4.94. The van der Waals surface area contributed by atoms with Crippen molar-refractivity contribution in [2.24, 2.45) is 0 Å². The molecule has 0 amide bonds. The van der Waals surface area contributed by atoms with Crippen LogP contribution >= 0.6 is 0 Å². The number of rotatable bonds is 7. The van der Waals surface area contributed by atoms with Gasteiger partial charge in [-0.3, -0.25) is 0 Å². The summed E-state index contributed by atoms with van der Waals surface area (Å²) in [7, 11) is 0. The molecule has 0 saturated carbocycles. The van der Waals surface area contributed by atoms with E-state index < -0.39 is 24.1 Å². The standard InChI is InChI=1S/C23H19F5O/c1-2-3-15-4-6-16(7-5-15)18-10-13-20(21(24)14-18)17-8-11-19(12-9-17)29-23(27,28)22(25)26/h4-14,22H,2-3H2,1H3. The first-order valence-electron chi connectivity index (χ1n) is 9.14. The maximum atomic E-state index is 14.6. The lowest BCUT2D eigenvalue weighted by Gasteiger charge is -2.17. The first kappa shape index (κ1) is 20.8. The molecule has 152 valence electrons. The van der Waals surface area contributed by atoms with Gasteiger partial charge in [0.15, 0.2) is 0 Å². The van der Waals surface area contributed by atoms with Crippen LogP contribution in [0.15, 0.2) is 66.7 Å². The fraction of sp³-hybridized carbons (Fsp3) is 0.217. The summed E-state index contributed by atoms with van der Waals surface area (Å²) < 4.78 is 69.0. The molecule has 29 heavy (non-hydrogen) atoms. The van der Waals surface area contributed by atoms with E-state index in [9.17, 15) is 22.0 Å². The van der Waals surface area contributed by atoms with Crippen LogP contribution in [0.1, 0.15) is 18.9 Å². The second-order valence-electron chi connectivity index (χ2n) is 6.63. The first-order valence-corrected chi connectivity index (χ1v) is 9.14. The third-order valence-corrected chi connectivity index (χ3v) is 4.47. The molecule has 3 aromatic carbocycles. The Balaban J connectivity index is 1.79. The molecule has 0 radical (unpaired) electrons. The number of ether oxygens (including phenoxy) is 1. The lowest BCUT2D eigenvalue weighted by Crippen LogP contribution is -2.33. The average Bonchev–Trinajstić information content (AvgIpc) is 2.69. The molecule has 0 aliphatic rings. The zero-order chi connectivity index (χ0) is 21.0. The second-order valence-corrected chi connectivity index (χ2v) is 6.63. The van der Waals surface area contributed by atoms with E-state index in [2.05, 4.69) is 11.7 Å². The molecule has 0 fully saturated rings. The highest BCUT2D eigenvalue weighted by molar-refractivity contribution is 5.71. The molecular formula is C23H19F5O. The summed E-state index contributed by atoms with van der Waals surface area (Å²) in [6.45, 7) is 2.10. The van der Waals surface area contributed by atoms with Crippen molar-refractivity contribution in [1.82, 2.24) is 0 Å². The van der Waals surface area contributed by atoms with Crippen LogP contribution in [0, 0.1) is 5.82 Å². The zero-order valence-corrected chi connectivity index (χ0v) is 15.6. The Morgan fingerprint density at radius 3 is 1.97 bits per heavy atom. The number of alkyl halides is 4. The molecular weight excluding hydrogens is 387 g/mol. The van der Waals surface area contributed by atoms with Gasteiger partial charge >= 0.3 is 12.5 Å². The van der Waals surface area contributed by atoms with Gasteiger partial charge in [0, 0.05) is 5.56 Å². The molecule has 0 aliphatic heterocycles. The summed E-state index contributed by atoms with van der Waals surface area (Å²) in [4.78, 5) is 0. The molecule has 0 unspecified atom stereocenters. The summed E-state index contributed by atoms with van der Waals surface area (Å²) in [6.07, 6.45) is -6.49. The Kier molecular flexibility index (Phi) is 6.20. The van der Waals surface area contributed by atoms with Crippen LogP contribution in [-0.2, 0) is 6.42 Å². The number of halogens is 5. The number of aryl methyl sites for hydroxylation is 1. The highest BCUT2D eigenvalue weighted by atomic mass is 19.3. The van der Waals surface area contributed by atoms with Crippen molar-refractivity contribution in [3.05, 3.63) is 78.1 Å². The summed E-state index contributed by atoms with van der Waals surface area (Å²) >= 11 is 0. The third-order valence-electron chi connectivity index (χ3n) is 4.47. The Morgan fingerprint density at radius 2 is 1.41 bits per heavy atom. The Hall–Kier alpha value is -2.89. The zero-order valence-electron chi connectivity index (χ0n) is 15.6. The summed E-state index contributed by atoms with van der Waals surface area (Å²) in [5.74, 6) is -0.907. The molecule has 3 aromatic rings. The van der Waals surface area contributed by atoms with Crippen LogP contribution in [0.4, 0.5) is 22.0 Å². The van der Waals surface area contributed by atoms with Crippen LogP contribution in [-0.4, -0.2) is 12.5 Å². The molecule has 1 nitrogen and oxygen atoms in total. The highest BCUT2D eigenvalue weighted by Crippen LogP contribution is 2.32. The van der Waals surface area contributed by atoms with Crippen molar-refractivity contribution in [1.29, 1.82) is 0 Å². The van der Waals surface area contributed by atoms with Crippen LogP contribution < -0.4 is 4.74 Å².